The fourth-order valence-corrected chi connectivity index (χ4v) is 2.81. The number of rotatable bonds is 3. The van der Waals surface area contributed by atoms with Gasteiger partial charge in [-0.25, -0.2) is 0 Å². The van der Waals surface area contributed by atoms with Crippen LogP contribution in [0.5, 0.6) is 0 Å². The van der Waals surface area contributed by atoms with E-state index in [1.165, 1.54) is 0 Å². The van der Waals surface area contributed by atoms with Crippen molar-refractivity contribution < 1.29 is 0 Å². The summed E-state index contributed by atoms with van der Waals surface area (Å²) in [4.78, 5) is 0. The first kappa shape index (κ1) is 12.3. The minimum Gasteiger partial charge on any atom is -0.398 e. The molecule has 17 heavy (non-hydrogen) atoms. The van der Waals surface area contributed by atoms with E-state index >= 15 is 0 Å². The largest absolute Gasteiger partial charge is 0.398 e. The number of anilines is 2. The highest BCUT2D eigenvalue weighted by Gasteiger charge is 2.63. The van der Waals surface area contributed by atoms with E-state index in [9.17, 15) is 0 Å². The predicted molar refractivity (Wildman–Crippen MR) is 75.1 cm³/mol. The van der Waals surface area contributed by atoms with Crippen LogP contribution >= 0.6 is 0 Å². The van der Waals surface area contributed by atoms with Crippen LogP contribution in [-0.4, -0.2) is 6.54 Å². The second-order valence-electron chi connectivity index (χ2n) is 6.45. The molecule has 0 bridgehead atoms. The van der Waals surface area contributed by atoms with Crippen LogP contribution in [0.1, 0.15) is 33.3 Å². The van der Waals surface area contributed by atoms with Crippen molar-refractivity contribution in [1.82, 2.24) is 0 Å². The summed E-state index contributed by atoms with van der Waals surface area (Å²) in [6, 6.07) is 6.20. The van der Waals surface area contributed by atoms with E-state index in [-0.39, 0.29) is 0 Å². The lowest BCUT2D eigenvalue weighted by Gasteiger charge is -2.09. The molecule has 94 valence electrons. The average Bonchev–Trinajstić information content (AvgIpc) is 2.61. The van der Waals surface area contributed by atoms with E-state index in [0.29, 0.717) is 10.8 Å². The normalized spacial score (nSPS) is 21.2. The SMILES string of the molecule is Cc1ccc(NCC2C(C)(C)C2(C)C)cc1N. The third-order valence-corrected chi connectivity index (χ3v) is 5.11. The third-order valence-electron chi connectivity index (χ3n) is 5.11. The van der Waals surface area contributed by atoms with E-state index in [2.05, 4.69) is 45.1 Å². The van der Waals surface area contributed by atoms with Gasteiger partial charge >= 0.3 is 0 Å². The minimum absolute atomic E-state index is 0.441. The van der Waals surface area contributed by atoms with Crippen LogP contribution in [0.4, 0.5) is 11.4 Å². The van der Waals surface area contributed by atoms with Crippen LogP contribution in [-0.2, 0) is 0 Å². The summed E-state index contributed by atoms with van der Waals surface area (Å²) in [6.45, 7) is 12.5. The maximum atomic E-state index is 5.91. The molecule has 2 rings (SSSR count). The quantitative estimate of drug-likeness (QED) is 0.780. The number of benzene rings is 1. The number of aryl methyl sites for hydroxylation is 1. The highest BCUT2D eigenvalue weighted by Crippen LogP contribution is 2.68. The Bertz CT molecular complexity index is 419. The minimum atomic E-state index is 0.441. The van der Waals surface area contributed by atoms with Crippen molar-refractivity contribution in [1.29, 1.82) is 0 Å². The first-order valence-electron chi connectivity index (χ1n) is 6.37. The van der Waals surface area contributed by atoms with Crippen molar-refractivity contribution in [3.8, 4) is 0 Å². The lowest BCUT2D eigenvalue weighted by atomic mass is 10.0. The van der Waals surface area contributed by atoms with E-state index in [4.69, 9.17) is 5.73 Å². The van der Waals surface area contributed by atoms with E-state index in [1.54, 1.807) is 0 Å². The zero-order valence-electron chi connectivity index (χ0n) is 11.6. The number of nitrogen functional groups attached to an aromatic ring is 1. The summed E-state index contributed by atoms with van der Waals surface area (Å²) in [5.74, 6) is 0.734. The van der Waals surface area contributed by atoms with Gasteiger partial charge in [-0.15, -0.1) is 0 Å². The Hall–Kier alpha value is -1.18. The molecular weight excluding hydrogens is 208 g/mol. The molecule has 0 saturated heterocycles. The van der Waals surface area contributed by atoms with E-state index in [1.807, 2.05) is 13.0 Å². The molecule has 1 fully saturated rings. The molecule has 0 radical (unpaired) electrons. The van der Waals surface area contributed by atoms with Gasteiger partial charge in [0.1, 0.15) is 0 Å². The third kappa shape index (κ3) is 1.90. The van der Waals surface area contributed by atoms with Crippen LogP contribution in [0, 0.1) is 23.7 Å². The Kier molecular flexibility index (Phi) is 2.64. The molecule has 0 aliphatic heterocycles. The maximum absolute atomic E-state index is 5.91. The first-order valence-corrected chi connectivity index (χ1v) is 6.37. The van der Waals surface area contributed by atoms with Gasteiger partial charge in [-0.3, -0.25) is 0 Å². The van der Waals surface area contributed by atoms with Gasteiger partial charge in [0.15, 0.2) is 0 Å². The van der Waals surface area contributed by atoms with Gasteiger partial charge in [-0.05, 0) is 41.4 Å². The summed E-state index contributed by atoms with van der Waals surface area (Å²) in [5.41, 5.74) is 9.93. The summed E-state index contributed by atoms with van der Waals surface area (Å²) < 4.78 is 0. The van der Waals surface area contributed by atoms with Crippen LogP contribution in [0.2, 0.25) is 0 Å². The van der Waals surface area contributed by atoms with Crippen LogP contribution in [0.15, 0.2) is 18.2 Å². The highest BCUT2D eigenvalue weighted by atomic mass is 14.9. The molecule has 3 N–H and O–H groups in total. The monoisotopic (exact) mass is 232 g/mol. The Morgan fingerprint density at radius 2 is 1.76 bits per heavy atom. The number of hydrogen-bond donors (Lipinski definition) is 2. The first-order chi connectivity index (χ1) is 7.76. The second-order valence-corrected chi connectivity index (χ2v) is 6.45. The Morgan fingerprint density at radius 1 is 1.18 bits per heavy atom. The number of nitrogens with two attached hydrogens (primary N) is 1. The molecule has 0 heterocycles. The molecule has 0 amide bonds. The van der Waals surface area contributed by atoms with Gasteiger partial charge < -0.3 is 11.1 Å². The van der Waals surface area contributed by atoms with Gasteiger partial charge in [0, 0.05) is 17.9 Å². The van der Waals surface area contributed by atoms with Crippen molar-refractivity contribution in [2.45, 2.75) is 34.6 Å². The van der Waals surface area contributed by atoms with Gasteiger partial charge in [0.2, 0.25) is 0 Å². The number of nitrogens with one attached hydrogen (secondary N) is 1. The molecule has 2 heteroatoms. The highest BCUT2D eigenvalue weighted by molar-refractivity contribution is 5.58. The second kappa shape index (κ2) is 3.66. The molecular formula is C15H24N2. The zero-order chi connectivity index (χ0) is 12.8. The summed E-state index contributed by atoms with van der Waals surface area (Å²) in [6.07, 6.45) is 0. The van der Waals surface area contributed by atoms with Crippen molar-refractivity contribution in [2.75, 3.05) is 17.6 Å². The van der Waals surface area contributed by atoms with Gasteiger partial charge in [0.05, 0.1) is 0 Å². The predicted octanol–water partition coefficient (Wildman–Crippen LogP) is 3.67. The van der Waals surface area contributed by atoms with Crippen LogP contribution in [0.3, 0.4) is 0 Å². The zero-order valence-corrected chi connectivity index (χ0v) is 11.6. The molecule has 1 aromatic carbocycles. The lowest BCUT2D eigenvalue weighted by Crippen LogP contribution is -2.08. The molecule has 0 spiro atoms. The molecule has 0 unspecified atom stereocenters. The average molecular weight is 232 g/mol. The fourth-order valence-electron chi connectivity index (χ4n) is 2.81. The molecule has 1 aromatic rings. The summed E-state index contributed by atoms with van der Waals surface area (Å²) in [7, 11) is 0. The Labute approximate surface area is 105 Å². The molecule has 1 saturated carbocycles. The van der Waals surface area contributed by atoms with Crippen molar-refractivity contribution >= 4 is 11.4 Å². The smallest absolute Gasteiger partial charge is 0.0364 e. The van der Waals surface area contributed by atoms with Gasteiger partial charge in [0.25, 0.3) is 0 Å². The molecule has 1 aliphatic carbocycles. The Balaban J connectivity index is 1.98. The molecule has 1 aliphatic rings. The van der Waals surface area contributed by atoms with Crippen LogP contribution < -0.4 is 11.1 Å². The topological polar surface area (TPSA) is 38.0 Å². The van der Waals surface area contributed by atoms with Crippen LogP contribution in [0.25, 0.3) is 0 Å². The molecule has 2 nitrogen and oxygen atoms in total. The van der Waals surface area contributed by atoms with E-state index < -0.39 is 0 Å². The molecule has 0 atom stereocenters. The standard InChI is InChI=1S/C15H24N2/c1-10-6-7-11(8-12(10)16)17-9-13-14(2,3)15(13,4)5/h6-8,13,17H,9,16H2,1-5H3. The number of hydrogen-bond acceptors (Lipinski definition) is 2. The van der Waals surface area contributed by atoms with Gasteiger partial charge in [-0.2, -0.15) is 0 Å². The van der Waals surface area contributed by atoms with Crippen molar-refractivity contribution in [3.05, 3.63) is 23.8 Å². The van der Waals surface area contributed by atoms with Crippen molar-refractivity contribution in [2.24, 2.45) is 16.7 Å². The molecule has 0 aromatic heterocycles. The maximum Gasteiger partial charge on any atom is 0.0364 e. The Morgan fingerprint density at radius 3 is 2.24 bits per heavy atom. The fraction of sp³-hybridized carbons (Fsp3) is 0.600. The van der Waals surface area contributed by atoms with Crippen molar-refractivity contribution in [3.63, 3.8) is 0 Å². The van der Waals surface area contributed by atoms with Gasteiger partial charge in [-0.1, -0.05) is 33.8 Å². The summed E-state index contributed by atoms with van der Waals surface area (Å²) >= 11 is 0. The summed E-state index contributed by atoms with van der Waals surface area (Å²) in [5, 5.41) is 3.51. The lowest BCUT2D eigenvalue weighted by molar-refractivity contribution is 0.457. The van der Waals surface area contributed by atoms with E-state index in [0.717, 1.165) is 29.4 Å².